The van der Waals surface area contributed by atoms with Crippen molar-refractivity contribution in [3.05, 3.63) is 95.1 Å². The standard InChI is InChI=1S/C27H29NO3/c28-18-21-9-8-10-22(17-21)19-31-20-26-24(13-4-1-2-7-14-27(29)30)15-16-25(26)23-11-5-3-6-12-23/h1,3-6,8-12,15,17,25-26H,2,7,13-14,16,19-20H2,(H,29,30)/b4-1-/t25?,26-/m0/s1. The fourth-order valence-electron chi connectivity index (χ4n) is 4.12. The zero-order valence-corrected chi connectivity index (χ0v) is 17.7. The van der Waals surface area contributed by atoms with E-state index >= 15 is 0 Å². The number of carbonyl (C=O) groups is 1. The van der Waals surface area contributed by atoms with Gasteiger partial charge in [0.05, 0.1) is 24.8 Å². The molecule has 1 aliphatic carbocycles. The van der Waals surface area contributed by atoms with Gasteiger partial charge in [-0.15, -0.1) is 0 Å². The Kier molecular flexibility index (Phi) is 8.63. The third kappa shape index (κ3) is 6.94. The zero-order valence-electron chi connectivity index (χ0n) is 17.7. The molecule has 0 fully saturated rings. The SMILES string of the molecule is N#Cc1cccc(COC[C@H]2C(C/C=C\CCCC(=O)O)=CCC2c2ccccc2)c1. The Morgan fingerprint density at radius 2 is 2.00 bits per heavy atom. The molecule has 2 aromatic carbocycles. The lowest BCUT2D eigenvalue weighted by Crippen LogP contribution is -2.17. The Balaban J connectivity index is 1.60. The number of nitriles is 1. The van der Waals surface area contributed by atoms with E-state index in [2.05, 4.69) is 48.6 Å². The number of ether oxygens (including phenoxy) is 1. The number of hydrogen-bond acceptors (Lipinski definition) is 3. The first-order valence-electron chi connectivity index (χ1n) is 10.8. The number of hydrogen-bond donors (Lipinski definition) is 1. The molecule has 2 atom stereocenters. The molecule has 3 rings (SSSR count). The molecule has 0 bridgehead atoms. The van der Waals surface area contributed by atoms with Crippen LogP contribution in [-0.2, 0) is 16.1 Å². The van der Waals surface area contributed by atoms with E-state index in [4.69, 9.17) is 15.1 Å². The Bertz CT molecular complexity index is 956. The Hall–Kier alpha value is -3.16. The first-order valence-corrected chi connectivity index (χ1v) is 10.8. The molecule has 4 heteroatoms. The number of allylic oxidation sites excluding steroid dienone is 3. The molecule has 2 aromatic rings. The highest BCUT2D eigenvalue weighted by atomic mass is 16.5. The molecule has 0 radical (unpaired) electrons. The van der Waals surface area contributed by atoms with Crippen LogP contribution in [-0.4, -0.2) is 17.7 Å². The van der Waals surface area contributed by atoms with Crippen molar-refractivity contribution >= 4 is 5.97 Å². The number of aliphatic carboxylic acids is 1. The summed E-state index contributed by atoms with van der Waals surface area (Å²) in [5.41, 5.74) is 4.38. The second-order valence-corrected chi connectivity index (χ2v) is 7.93. The van der Waals surface area contributed by atoms with Gasteiger partial charge in [0, 0.05) is 12.3 Å². The largest absolute Gasteiger partial charge is 0.481 e. The molecular formula is C27H29NO3. The van der Waals surface area contributed by atoms with E-state index in [0.717, 1.165) is 24.8 Å². The van der Waals surface area contributed by atoms with Crippen molar-refractivity contribution in [2.24, 2.45) is 5.92 Å². The smallest absolute Gasteiger partial charge is 0.303 e. The monoisotopic (exact) mass is 415 g/mol. The highest BCUT2D eigenvalue weighted by molar-refractivity contribution is 5.66. The lowest BCUT2D eigenvalue weighted by atomic mass is 9.85. The molecule has 1 aliphatic rings. The molecule has 0 aliphatic heterocycles. The topological polar surface area (TPSA) is 70.3 Å². The minimum absolute atomic E-state index is 0.215. The molecule has 4 nitrogen and oxygen atoms in total. The van der Waals surface area contributed by atoms with Gasteiger partial charge in [0.25, 0.3) is 0 Å². The van der Waals surface area contributed by atoms with E-state index in [1.54, 1.807) is 6.07 Å². The molecule has 1 unspecified atom stereocenters. The number of carboxylic acids is 1. The first kappa shape index (κ1) is 22.5. The van der Waals surface area contributed by atoms with Crippen LogP contribution in [0.3, 0.4) is 0 Å². The molecule has 0 amide bonds. The fourth-order valence-corrected chi connectivity index (χ4v) is 4.12. The van der Waals surface area contributed by atoms with Crippen molar-refractivity contribution in [3.8, 4) is 6.07 Å². The predicted molar refractivity (Wildman–Crippen MR) is 121 cm³/mol. The summed E-state index contributed by atoms with van der Waals surface area (Å²) in [4.78, 5) is 10.6. The average Bonchev–Trinajstić information content (AvgIpc) is 3.19. The molecule has 1 N–H and O–H groups in total. The van der Waals surface area contributed by atoms with Crippen molar-refractivity contribution in [3.63, 3.8) is 0 Å². The summed E-state index contributed by atoms with van der Waals surface area (Å²) in [6, 6.07) is 20.3. The van der Waals surface area contributed by atoms with Gasteiger partial charge in [0.15, 0.2) is 0 Å². The summed E-state index contributed by atoms with van der Waals surface area (Å²) >= 11 is 0. The van der Waals surface area contributed by atoms with Crippen molar-refractivity contribution in [2.45, 2.75) is 44.6 Å². The van der Waals surface area contributed by atoms with Crippen LogP contribution in [0.4, 0.5) is 0 Å². The lowest BCUT2D eigenvalue weighted by Gasteiger charge is -2.23. The third-order valence-corrected chi connectivity index (χ3v) is 5.73. The van der Waals surface area contributed by atoms with E-state index in [1.807, 2.05) is 24.3 Å². The van der Waals surface area contributed by atoms with Gasteiger partial charge >= 0.3 is 5.97 Å². The summed E-state index contributed by atoms with van der Waals surface area (Å²) < 4.78 is 6.12. The van der Waals surface area contributed by atoms with Crippen LogP contribution >= 0.6 is 0 Å². The number of nitrogens with zero attached hydrogens (tertiary/aromatic N) is 1. The van der Waals surface area contributed by atoms with Crippen molar-refractivity contribution < 1.29 is 14.6 Å². The Labute approximate surface area is 184 Å². The van der Waals surface area contributed by atoms with E-state index in [-0.39, 0.29) is 6.42 Å². The summed E-state index contributed by atoms with van der Waals surface area (Å²) in [5.74, 6) is -0.0256. The average molecular weight is 416 g/mol. The second-order valence-electron chi connectivity index (χ2n) is 7.93. The van der Waals surface area contributed by atoms with Crippen molar-refractivity contribution in [1.29, 1.82) is 5.26 Å². The normalized spacial score (nSPS) is 18.1. The lowest BCUT2D eigenvalue weighted by molar-refractivity contribution is -0.137. The quantitative estimate of drug-likeness (QED) is 0.361. The van der Waals surface area contributed by atoms with Crippen LogP contribution in [0.15, 0.2) is 78.4 Å². The van der Waals surface area contributed by atoms with Gasteiger partial charge in [-0.25, -0.2) is 0 Å². The summed E-state index contributed by atoms with van der Waals surface area (Å²) in [6.45, 7) is 1.13. The van der Waals surface area contributed by atoms with E-state index in [0.29, 0.717) is 37.0 Å². The van der Waals surface area contributed by atoms with Gasteiger partial charge in [-0.05, 0) is 54.9 Å². The van der Waals surface area contributed by atoms with Crippen molar-refractivity contribution in [1.82, 2.24) is 0 Å². The number of rotatable bonds is 11. The number of benzene rings is 2. The third-order valence-electron chi connectivity index (χ3n) is 5.73. The molecule has 31 heavy (non-hydrogen) atoms. The fraction of sp³-hybridized carbons (Fsp3) is 0.333. The molecule has 0 saturated heterocycles. The van der Waals surface area contributed by atoms with Gasteiger partial charge in [0.2, 0.25) is 0 Å². The van der Waals surface area contributed by atoms with Gasteiger partial charge in [-0.3, -0.25) is 4.79 Å². The Morgan fingerprint density at radius 1 is 1.16 bits per heavy atom. The highest BCUT2D eigenvalue weighted by Crippen LogP contribution is 2.41. The van der Waals surface area contributed by atoms with Crippen LogP contribution in [0, 0.1) is 17.2 Å². The van der Waals surface area contributed by atoms with Gasteiger partial charge < -0.3 is 9.84 Å². The van der Waals surface area contributed by atoms with Crippen LogP contribution in [0.5, 0.6) is 0 Å². The van der Waals surface area contributed by atoms with Crippen LogP contribution in [0.2, 0.25) is 0 Å². The number of unbranched alkanes of at least 4 members (excludes halogenated alkanes) is 1. The molecule has 160 valence electrons. The van der Waals surface area contributed by atoms with Crippen LogP contribution in [0.1, 0.15) is 54.7 Å². The molecule has 0 saturated carbocycles. The summed E-state index contributed by atoms with van der Waals surface area (Å²) in [7, 11) is 0. The first-order chi connectivity index (χ1) is 15.2. The van der Waals surface area contributed by atoms with Crippen molar-refractivity contribution in [2.75, 3.05) is 6.61 Å². The summed E-state index contributed by atoms with van der Waals surface area (Å²) in [6.07, 6.45) is 10.1. The summed E-state index contributed by atoms with van der Waals surface area (Å²) in [5, 5.41) is 17.8. The molecular weight excluding hydrogens is 386 g/mol. The van der Waals surface area contributed by atoms with E-state index in [1.165, 1.54) is 11.1 Å². The van der Waals surface area contributed by atoms with Gasteiger partial charge in [-0.1, -0.05) is 66.3 Å². The van der Waals surface area contributed by atoms with Crippen LogP contribution in [0.25, 0.3) is 0 Å². The molecule has 0 heterocycles. The highest BCUT2D eigenvalue weighted by Gasteiger charge is 2.30. The van der Waals surface area contributed by atoms with Gasteiger partial charge in [-0.2, -0.15) is 5.26 Å². The van der Waals surface area contributed by atoms with Gasteiger partial charge in [0.1, 0.15) is 0 Å². The second kappa shape index (κ2) is 11.9. The maximum atomic E-state index is 10.6. The van der Waals surface area contributed by atoms with E-state index < -0.39 is 5.97 Å². The predicted octanol–water partition coefficient (Wildman–Crippen LogP) is 6.01. The zero-order chi connectivity index (χ0) is 21.9. The minimum atomic E-state index is -0.741. The maximum Gasteiger partial charge on any atom is 0.303 e. The van der Waals surface area contributed by atoms with Crippen LogP contribution < -0.4 is 0 Å². The number of carboxylic acid groups (broad SMARTS) is 1. The molecule has 0 spiro atoms. The molecule has 0 aromatic heterocycles. The Morgan fingerprint density at radius 3 is 2.77 bits per heavy atom. The minimum Gasteiger partial charge on any atom is -0.481 e. The van der Waals surface area contributed by atoms with E-state index in [9.17, 15) is 4.79 Å². The maximum absolute atomic E-state index is 10.6.